The van der Waals surface area contributed by atoms with E-state index in [0.717, 1.165) is 17.7 Å². The van der Waals surface area contributed by atoms with Gasteiger partial charge in [0.25, 0.3) is 0 Å². The summed E-state index contributed by atoms with van der Waals surface area (Å²) in [6, 6.07) is 17.7. The monoisotopic (exact) mass is 382 g/mol. The molecule has 0 aliphatic carbocycles. The fourth-order valence-electron chi connectivity index (χ4n) is 2.36. The van der Waals surface area contributed by atoms with Gasteiger partial charge in [-0.2, -0.15) is 0 Å². The fourth-order valence-corrected chi connectivity index (χ4v) is 2.36. The number of benzene rings is 2. The number of esters is 2. The van der Waals surface area contributed by atoms with Crippen LogP contribution < -0.4 is 10.6 Å². The molecular weight excluding hydrogens is 360 g/mol. The van der Waals surface area contributed by atoms with E-state index in [-0.39, 0.29) is 6.61 Å². The Labute approximate surface area is 163 Å². The van der Waals surface area contributed by atoms with Gasteiger partial charge < -0.3 is 20.1 Å². The van der Waals surface area contributed by atoms with E-state index in [9.17, 15) is 14.4 Å². The topological polar surface area (TPSA) is 93.7 Å². The van der Waals surface area contributed by atoms with Crippen molar-refractivity contribution < 1.29 is 23.9 Å². The first kappa shape index (κ1) is 20.7. The average molecular weight is 382 g/mol. The van der Waals surface area contributed by atoms with Crippen LogP contribution in [-0.4, -0.2) is 37.7 Å². The van der Waals surface area contributed by atoms with E-state index in [1.807, 2.05) is 48.5 Å². The summed E-state index contributed by atoms with van der Waals surface area (Å²) in [7, 11) is 1.21. The maximum Gasteiger partial charge on any atom is 0.331 e. The Morgan fingerprint density at radius 2 is 1.54 bits per heavy atom. The van der Waals surface area contributed by atoms with Crippen LogP contribution in [0, 0.1) is 0 Å². The third-order valence-electron chi connectivity index (χ3n) is 3.68. The summed E-state index contributed by atoms with van der Waals surface area (Å²) in [5.74, 6) is -1.35. The molecule has 146 valence electrons. The number of hydrogen-bond acceptors (Lipinski definition) is 5. The van der Waals surface area contributed by atoms with Crippen molar-refractivity contribution in [1.29, 1.82) is 0 Å². The van der Waals surface area contributed by atoms with Gasteiger partial charge in [0.05, 0.1) is 13.2 Å². The highest BCUT2D eigenvalue weighted by Gasteiger charge is 2.15. The molecule has 1 atom stereocenters. The van der Waals surface area contributed by atoms with Crippen LogP contribution >= 0.6 is 0 Å². The molecule has 7 nitrogen and oxygen atoms in total. The van der Waals surface area contributed by atoms with Crippen LogP contribution in [0.4, 0.5) is 10.5 Å². The number of carbonyl (C=O) groups is 3. The number of anilines is 1. The molecule has 0 saturated carbocycles. The summed E-state index contributed by atoms with van der Waals surface area (Å²) < 4.78 is 9.56. The Balaban J connectivity index is 1.96. The predicted molar refractivity (Wildman–Crippen MR) is 105 cm³/mol. The predicted octanol–water partition coefficient (Wildman–Crippen LogP) is 2.69. The van der Waals surface area contributed by atoms with Crippen molar-refractivity contribution in [2.45, 2.75) is 12.5 Å². The van der Waals surface area contributed by atoms with Gasteiger partial charge in [0.1, 0.15) is 6.61 Å². The number of rotatable bonds is 8. The fraction of sp³-hybridized carbons (Fsp3) is 0.190. The first-order valence-corrected chi connectivity index (χ1v) is 8.66. The second-order valence-corrected chi connectivity index (χ2v) is 5.84. The number of ether oxygens (including phenoxy) is 2. The lowest BCUT2D eigenvalue weighted by Crippen LogP contribution is -2.42. The summed E-state index contributed by atoms with van der Waals surface area (Å²) in [4.78, 5) is 35.1. The minimum atomic E-state index is -0.700. The normalized spacial score (nSPS) is 11.5. The number of amides is 2. The number of urea groups is 1. The van der Waals surface area contributed by atoms with Crippen molar-refractivity contribution in [1.82, 2.24) is 5.32 Å². The van der Waals surface area contributed by atoms with Gasteiger partial charge in [-0.25, -0.2) is 14.4 Å². The number of nitrogens with one attached hydrogen (secondary N) is 2. The highest BCUT2D eigenvalue weighted by atomic mass is 16.5. The maximum absolute atomic E-state index is 12.3. The lowest BCUT2D eigenvalue weighted by molar-refractivity contribution is -0.139. The van der Waals surface area contributed by atoms with Crippen molar-refractivity contribution in [2.24, 2.45) is 0 Å². The molecule has 28 heavy (non-hydrogen) atoms. The van der Waals surface area contributed by atoms with Gasteiger partial charge in [-0.15, -0.1) is 0 Å². The molecule has 0 saturated heterocycles. The van der Waals surface area contributed by atoms with Gasteiger partial charge in [-0.1, -0.05) is 48.5 Å². The zero-order valence-electron chi connectivity index (χ0n) is 15.5. The van der Waals surface area contributed by atoms with E-state index >= 15 is 0 Å². The molecule has 0 heterocycles. The van der Waals surface area contributed by atoms with Crippen LogP contribution in [0.3, 0.4) is 0 Å². The zero-order valence-corrected chi connectivity index (χ0v) is 15.5. The number of hydrogen-bond donors (Lipinski definition) is 2. The smallest absolute Gasteiger partial charge is 0.331 e. The Morgan fingerprint density at radius 3 is 2.18 bits per heavy atom. The van der Waals surface area contributed by atoms with E-state index < -0.39 is 24.0 Å². The number of para-hydroxylation sites is 1. The lowest BCUT2D eigenvalue weighted by Gasteiger charge is -2.19. The molecule has 0 unspecified atom stereocenters. The third-order valence-corrected chi connectivity index (χ3v) is 3.68. The second-order valence-electron chi connectivity index (χ2n) is 5.84. The van der Waals surface area contributed by atoms with E-state index in [2.05, 4.69) is 15.4 Å². The molecule has 0 aliphatic heterocycles. The van der Waals surface area contributed by atoms with Crippen LogP contribution in [0.5, 0.6) is 0 Å². The molecular formula is C21H22N2O5. The van der Waals surface area contributed by atoms with Crippen LogP contribution in [0.15, 0.2) is 72.8 Å². The zero-order chi connectivity index (χ0) is 20.2. The maximum atomic E-state index is 12.3. The second kappa shape index (κ2) is 11.2. The first-order chi connectivity index (χ1) is 13.6. The van der Waals surface area contributed by atoms with E-state index in [4.69, 9.17) is 4.74 Å². The number of methoxy groups -OCH3 is 1. The van der Waals surface area contributed by atoms with Gasteiger partial charge in [-0.3, -0.25) is 0 Å². The van der Waals surface area contributed by atoms with Crippen molar-refractivity contribution in [3.8, 4) is 0 Å². The van der Waals surface area contributed by atoms with Crippen LogP contribution in [0.25, 0.3) is 0 Å². The molecule has 7 heteroatoms. The Hall–Kier alpha value is -3.61. The Morgan fingerprint density at radius 1 is 0.929 bits per heavy atom. The SMILES string of the molecule is COC(=O)/C=C/C(=O)OC[C@@H](Cc1ccccc1)NC(=O)Nc1ccccc1. The highest BCUT2D eigenvalue weighted by Crippen LogP contribution is 2.07. The molecule has 0 radical (unpaired) electrons. The van der Waals surface area contributed by atoms with Crippen LogP contribution in [0.2, 0.25) is 0 Å². The minimum Gasteiger partial charge on any atom is -0.466 e. The molecule has 0 aromatic heterocycles. The van der Waals surface area contributed by atoms with Gasteiger partial charge in [0, 0.05) is 17.8 Å². The molecule has 2 amide bonds. The summed E-state index contributed by atoms with van der Waals surface area (Å²) >= 11 is 0. The first-order valence-electron chi connectivity index (χ1n) is 8.66. The van der Waals surface area contributed by atoms with E-state index in [0.29, 0.717) is 12.1 Å². The van der Waals surface area contributed by atoms with E-state index in [1.165, 1.54) is 7.11 Å². The summed E-state index contributed by atoms with van der Waals surface area (Å²) in [6.07, 6.45) is 2.43. The van der Waals surface area contributed by atoms with Gasteiger partial charge in [-0.05, 0) is 24.1 Å². The molecule has 0 aliphatic rings. The van der Waals surface area contributed by atoms with Crippen molar-refractivity contribution in [3.63, 3.8) is 0 Å². The summed E-state index contributed by atoms with van der Waals surface area (Å²) in [5, 5.41) is 5.53. The minimum absolute atomic E-state index is 0.0541. The molecule has 2 aromatic carbocycles. The Kier molecular flexibility index (Phi) is 8.26. The molecule has 0 spiro atoms. The molecule has 2 N–H and O–H groups in total. The summed E-state index contributed by atoms with van der Waals surface area (Å²) in [5.41, 5.74) is 1.63. The highest BCUT2D eigenvalue weighted by molar-refractivity contribution is 5.91. The van der Waals surface area contributed by atoms with Crippen LogP contribution in [-0.2, 0) is 25.5 Å². The standard InChI is InChI=1S/C21H22N2O5/c1-27-19(24)12-13-20(25)28-15-18(14-16-8-4-2-5-9-16)23-21(26)22-17-10-6-3-7-11-17/h2-13,18H,14-15H2,1H3,(H2,22,23,26)/b13-12+/t18-/m1/s1. The van der Waals surface area contributed by atoms with Crippen molar-refractivity contribution in [3.05, 3.63) is 78.4 Å². The largest absolute Gasteiger partial charge is 0.466 e. The average Bonchev–Trinajstić information content (AvgIpc) is 2.71. The molecule has 2 rings (SSSR count). The lowest BCUT2D eigenvalue weighted by atomic mass is 10.1. The van der Waals surface area contributed by atoms with Gasteiger partial charge in [0.15, 0.2) is 0 Å². The van der Waals surface area contributed by atoms with E-state index in [1.54, 1.807) is 12.1 Å². The quantitative estimate of drug-likeness (QED) is 0.541. The van der Waals surface area contributed by atoms with Gasteiger partial charge in [0.2, 0.25) is 0 Å². The molecule has 0 fully saturated rings. The molecule has 2 aromatic rings. The number of carbonyl (C=O) groups excluding carboxylic acids is 3. The third kappa shape index (κ3) is 7.74. The summed E-state index contributed by atoms with van der Waals surface area (Å²) in [6.45, 7) is -0.0541. The molecule has 0 bridgehead atoms. The van der Waals surface area contributed by atoms with Crippen molar-refractivity contribution in [2.75, 3.05) is 19.0 Å². The Bertz CT molecular complexity index is 806. The van der Waals surface area contributed by atoms with Crippen molar-refractivity contribution >= 4 is 23.7 Å². The van der Waals surface area contributed by atoms with Gasteiger partial charge >= 0.3 is 18.0 Å². The van der Waals surface area contributed by atoms with Crippen LogP contribution in [0.1, 0.15) is 5.56 Å².